The lowest BCUT2D eigenvalue weighted by Gasteiger charge is -2.23. The highest BCUT2D eigenvalue weighted by Gasteiger charge is 2.60. The Morgan fingerprint density at radius 3 is 1.79 bits per heavy atom. The lowest BCUT2D eigenvalue weighted by molar-refractivity contribution is -0.170. The Kier molecular flexibility index (Phi) is 5.08. The molecule has 0 heterocycles. The number of rotatable bonds is 4. The first kappa shape index (κ1) is 20.1. The van der Waals surface area contributed by atoms with E-state index in [2.05, 4.69) is 0 Å². The lowest BCUT2D eigenvalue weighted by Crippen LogP contribution is -2.39. The molecule has 0 saturated heterocycles. The second kappa shape index (κ2) is 7.07. The first-order valence-corrected chi connectivity index (χ1v) is 9.04. The number of carbonyl (C=O) groups is 4. The van der Waals surface area contributed by atoms with Gasteiger partial charge in [0.2, 0.25) is 0 Å². The highest BCUT2D eigenvalue weighted by Crippen LogP contribution is 2.58. The van der Waals surface area contributed by atoms with Crippen LogP contribution in [-0.4, -0.2) is 52.3 Å². The molecule has 3 rings (SSSR count). The van der Waals surface area contributed by atoms with Gasteiger partial charge in [-0.2, -0.15) is 0 Å². The van der Waals surface area contributed by atoms with Crippen molar-refractivity contribution < 1.29 is 38.1 Å². The molecule has 3 aliphatic rings. The summed E-state index contributed by atoms with van der Waals surface area (Å²) in [5, 5.41) is 0. The summed E-state index contributed by atoms with van der Waals surface area (Å²) < 4.78 is 19.6. The van der Waals surface area contributed by atoms with E-state index >= 15 is 0 Å². The van der Waals surface area contributed by atoms with Gasteiger partial charge in [-0.25, -0.2) is 0 Å². The average molecular weight is 392 g/mol. The molecule has 8 heteroatoms. The zero-order valence-corrected chi connectivity index (χ0v) is 16.5. The van der Waals surface area contributed by atoms with Crippen LogP contribution in [0.3, 0.4) is 0 Å². The number of fused-ring (bicyclic) bond motifs is 2. The van der Waals surface area contributed by atoms with E-state index in [4.69, 9.17) is 18.9 Å². The molecule has 2 saturated carbocycles. The number of esters is 4. The first-order valence-electron chi connectivity index (χ1n) is 9.04. The molecule has 0 N–H and O–H groups in total. The lowest BCUT2D eigenvalue weighted by atomic mass is 9.84. The molecule has 0 spiro atoms. The van der Waals surface area contributed by atoms with Gasteiger partial charge in [-0.1, -0.05) is 11.6 Å². The van der Waals surface area contributed by atoms with Crippen molar-refractivity contribution >= 4 is 23.9 Å². The van der Waals surface area contributed by atoms with E-state index in [1.54, 1.807) is 0 Å². The molecule has 0 amide bonds. The van der Waals surface area contributed by atoms with Crippen molar-refractivity contribution in [1.82, 2.24) is 0 Å². The van der Waals surface area contributed by atoms with Crippen LogP contribution in [0.4, 0.5) is 0 Å². The number of allylic oxidation sites excluding steroid dienone is 4. The Hall–Kier alpha value is -2.64. The zero-order valence-electron chi connectivity index (χ0n) is 16.5. The SMILES string of the molecule is COC(=O)C1(C(=O)OC)CC2=CCC3CC(C(=O)OC)(C(=O)OC)CC3=C2C1. The van der Waals surface area contributed by atoms with Crippen LogP contribution in [0.2, 0.25) is 0 Å². The smallest absolute Gasteiger partial charge is 0.323 e. The van der Waals surface area contributed by atoms with Crippen LogP contribution < -0.4 is 0 Å². The van der Waals surface area contributed by atoms with Crippen LogP contribution in [0.15, 0.2) is 22.8 Å². The van der Waals surface area contributed by atoms with Gasteiger partial charge in [0.15, 0.2) is 10.8 Å². The third-order valence-electron chi connectivity index (χ3n) is 6.28. The van der Waals surface area contributed by atoms with Crippen LogP contribution in [-0.2, 0) is 38.1 Å². The maximum atomic E-state index is 12.5. The molecule has 8 nitrogen and oxygen atoms in total. The monoisotopic (exact) mass is 392 g/mol. The summed E-state index contributed by atoms with van der Waals surface area (Å²) in [6, 6.07) is 0. The van der Waals surface area contributed by atoms with E-state index in [-0.39, 0.29) is 31.6 Å². The predicted molar refractivity (Wildman–Crippen MR) is 94.6 cm³/mol. The highest BCUT2D eigenvalue weighted by atomic mass is 16.6. The van der Waals surface area contributed by atoms with Gasteiger partial charge in [-0.3, -0.25) is 19.2 Å². The molecule has 0 aliphatic heterocycles. The first-order chi connectivity index (χ1) is 13.3. The van der Waals surface area contributed by atoms with Crippen molar-refractivity contribution in [3.8, 4) is 0 Å². The van der Waals surface area contributed by atoms with Gasteiger partial charge in [0.25, 0.3) is 0 Å². The zero-order chi connectivity index (χ0) is 20.7. The standard InChI is InChI=1S/C20H24O8/c1-25-15(21)19(16(22)26-2)7-11-5-6-12-8-20(17(23)27-3,18(24)28-4)10-14(12)13(11)9-19/h5,12H,6-10H2,1-4H3. The number of hydrogen-bond acceptors (Lipinski definition) is 8. The topological polar surface area (TPSA) is 105 Å². The minimum Gasteiger partial charge on any atom is -0.468 e. The van der Waals surface area contributed by atoms with Crippen LogP contribution in [0.5, 0.6) is 0 Å². The van der Waals surface area contributed by atoms with E-state index < -0.39 is 34.7 Å². The Balaban J connectivity index is 2.06. The van der Waals surface area contributed by atoms with Crippen molar-refractivity contribution in [3.63, 3.8) is 0 Å². The normalized spacial score (nSPS) is 23.9. The minimum absolute atomic E-state index is 0.0527. The molecular weight excluding hydrogens is 368 g/mol. The maximum absolute atomic E-state index is 12.5. The average Bonchev–Trinajstić information content (AvgIpc) is 3.31. The summed E-state index contributed by atoms with van der Waals surface area (Å²) >= 11 is 0. The third-order valence-corrected chi connectivity index (χ3v) is 6.28. The molecule has 1 unspecified atom stereocenters. The van der Waals surface area contributed by atoms with Crippen molar-refractivity contribution in [2.75, 3.05) is 28.4 Å². The molecule has 1 atom stereocenters. The molecule has 0 radical (unpaired) electrons. The third kappa shape index (κ3) is 2.65. The largest absolute Gasteiger partial charge is 0.468 e. The van der Waals surface area contributed by atoms with Gasteiger partial charge >= 0.3 is 23.9 Å². The second-order valence-electron chi connectivity index (χ2n) is 7.53. The van der Waals surface area contributed by atoms with E-state index in [1.807, 2.05) is 6.08 Å². The molecule has 3 aliphatic carbocycles. The van der Waals surface area contributed by atoms with E-state index in [9.17, 15) is 19.2 Å². The van der Waals surface area contributed by atoms with Gasteiger partial charge < -0.3 is 18.9 Å². The summed E-state index contributed by atoms with van der Waals surface area (Å²) in [5.74, 6) is -2.61. The molecule has 0 bridgehead atoms. The number of hydrogen-bond donors (Lipinski definition) is 0. The number of methoxy groups -OCH3 is 4. The van der Waals surface area contributed by atoms with Gasteiger partial charge in [-0.05, 0) is 49.2 Å². The van der Waals surface area contributed by atoms with Gasteiger partial charge in [0.05, 0.1) is 28.4 Å². The summed E-state index contributed by atoms with van der Waals surface area (Å²) in [6.07, 6.45) is 3.33. The summed E-state index contributed by atoms with van der Waals surface area (Å²) in [4.78, 5) is 50.0. The molecule has 152 valence electrons. The summed E-state index contributed by atoms with van der Waals surface area (Å²) in [6.45, 7) is 0. The molecule has 0 aromatic heterocycles. The summed E-state index contributed by atoms with van der Waals surface area (Å²) in [5.41, 5.74) is -0.229. The van der Waals surface area contributed by atoms with Crippen LogP contribution in [0.25, 0.3) is 0 Å². The second-order valence-corrected chi connectivity index (χ2v) is 7.53. The van der Waals surface area contributed by atoms with E-state index in [1.165, 1.54) is 28.4 Å². The van der Waals surface area contributed by atoms with Crippen molar-refractivity contribution in [2.24, 2.45) is 16.7 Å². The minimum atomic E-state index is -1.44. The van der Waals surface area contributed by atoms with Gasteiger partial charge in [0.1, 0.15) is 0 Å². The maximum Gasteiger partial charge on any atom is 0.323 e. The van der Waals surface area contributed by atoms with Gasteiger partial charge in [-0.15, -0.1) is 0 Å². The molecule has 0 aromatic rings. The van der Waals surface area contributed by atoms with E-state index in [0.29, 0.717) is 6.42 Å². The van der Waals surface area contributed by atoms with Crippen molar-refractivity contribution in [2.45, 2.75) is 32.1 Å². The summed E-state index contributed by atoms with van der Waals surface area (Å²) in [7, 11) is 4.95. The van der Waals surface area contributed by atoms with Gasteiger partial charge in [0, 0.05) is 0 Å². The van der Waals surface area contributed by atoms with Crippen LogP contribution in [0.1, 0.15) is 32.1 Å². The van der Waals surface area contributed by atoms with Crippen LogP contribution >= 0.6 is 0 Å². The fraction of sp³-hybridized carbons (Fsp3) is 0.600. The van der Waals surface area contributed by atoms with E-state index in [0.717, 1.165) is 16.7 Å². The highest BCUT2D eigenvalue weighted by molar-refractivity contribution is 6.03. The fourth-order valence-corrected chi connectivity index (χ4v) is 4.92. The molecular formula is C20H24O8. The fourth-order valence-electron chi connectivity index (χ4n) is 4.92. The Morgan fingerprint density at radius 2 is 1.29 bits per heavy atom. The van der Waals surface area contributed by atoms with Crippen molar-refractivity contribution in [3.05, 3.63) is 22.8 Å². The molecule has 28 heavy (non-hydrogen) atoms. The van der Waals surface area contributed by atoms with Crippen molar-refractivity contribution in [1.29, 1.82) is 0 Å². The molecule has 2 fully saturated rings. The Morgan fingerprint density at radius 1 is 0.786 bits per heavy atom. The molecule has 0 aromatic carbocycles. The number of carbonyl (C=O) groups excluding carboxylic acids is 4. The Bertz CT molecular complexity index is 771. The quantitative estimate of drug-likeness (QED) is 0.402. The Labute approximate surface area is 162 Å². The predicted octanol–water partition coefficient (Wildman–Crippen LogP) is 1.48. The number of ether oxygens (including phenoxy) is 4. The van der Waals surface area contributed by atoms with Crippen LogP contribution in [0, 0.1) is 16.7 Å².